The van der Waals surface area contributed by atoms with Gasteiger partial charge in [-0.15, -0.1) is 0 Å². The lowest BCUT2D eigenvalue weighted by Gasteiger charge is -2.28. The van der Waals surface area contributed by atoms with E-state index in [9.17, 15) is 4.79 Å². The quantitative estimate of drug-likeness (QED) is 0.924. The Morgan fingerprint density at radius 3 is 2.60 bits per heavy atom. The van der Waals surface area contributed by atoms with Gasteiger partial charge in [-0.25, -0.2) is 4.79 Å². The lowest BCUT2D eigenvalue weighted by atomic mass is 10.00. The number of methoxy groups -OCH3 is 1. The third-order valence-corrected chi connectivity index (χ3v) is 3.09. The van der Waals surface area contributed by atoms with Crippen molar-refractivity contribution in [2.24, 2.45) is 0 Å². The normalized spacial score (nSPS) is 13.8. The summed E-state index contributed by atoms with van der Waals surface area (Å²) in [5.74, 6) is 0. The van der Waals surface area contributed by atoms with Crippen molar-refractivity contribution >= 4 is 6.09 Å². The fraction of sp³-hybridized carbons (Fsp3) is 0.562. The third kappa shape index (κ3) is 5.61. The molecule has 0 atom stereocenters. The summed E-state index contributed by atoms with van der Waals surface area (Å²) in [6.07, 6.45) is 1.98. The van der Waals surface area contributed by atoms with Crippen LogP contribution in [0.25, 0.3) is 0 Å². The average molecular weight is 278 g/mol. The van der Waals surface area contributed by atoms with Crippen LogP contribution < -0.4 is 5.32 Å². The molecule has 4 heteroatoms. The molecule has 0 unspecified atom stereocenters. The largest absolute Gasteiger partial charge is 0.453 e. The van der Waals surface area contributed by atoms with E-state index in [-0.39, 0.29) is 6.09 Å². The molecule has 0 fully saturated rings. The van der Waals surface area contributed by atoms with Gasteiger partial charge in [-0.3, -0.25) is 4.90 Å². The van der Waals surface area contributed by atoms with Crippen LogP contribution in [0.2, 0.25) is 0 Å². The van der Waals surface area contributed by atoms with Gasteiger partial charge in [0.05, 0.1) is 7.11 Å². The number of benzene rings is 1. The number of ether oxygens (including phenoxy) is 1. The van der Waals surface area contributed by atoms with Gasteiger partial charge in [-0.1, -0.05) is 44.5 Å². The zero-order chi connectivity index (χ0) is 14.8. The van der Waals surface area contributed by atoms with Gasteiger partial charge in [-0.05, 0) is 17.5 Å². The first kappa shape index (κ1) is 16.5. The summed E-state index contributed by atoms with van der Waals surface area (Å²) >= 11 is 0. The topological polar surface area (TPSA) is 41.6 Å². The molecule has 1 aliphatic heterocycles. The molecule has 1 N–H and O–H groups in total. The van der Waals surface area contributed by atoms with Crippen LogP contribution in [-0.2, 0) is 17.7 Å². The van der Waals surface area contributed by atoms with E-state index < -0.39 is 0 Å². The summed E-state index contributed by atoms with van der Waals surface area (Å²) in [7, 11) is 1.38. The van der Waals surface area contributed by atoms with E-state index in [0.29, 0.717) is 6.54 Å². The Morgan fingerprint density at radius 1 is 1.30 bits per heavy atom. The van der Waals surface area contributed by atoms with Crippen molar-refractivity contribution in [3.8, 4) is 0 Å². The summed E-state index contributed by atoms with van der Waals surface area (Å²) in [4.78, 5) is 13.2. The monoisotopic (exact) mass is 278 g/mol. The zero-order valence-electron chi connectivity index (χ0n) is 12.8. The molecule has 20 heavy (non-hydrogen) atoms. The smallest absolute Gasteiger partial charge is 0.406 e. The Kier molecular flexibility index (Phi) is 7.73. The molecule has 2 rings (SSSR count). The van der Waals surface area contributed by atoms with Gasteiger partial charge in [0.2, 0.25) is 0 Å². The lowest BCUT2D eigenvalue weighted by Crippen LogP contribution is -2.37. The predicted octanol–water partition coefficient (Wildman–Crippen LogP) is 2.82. The van der Waals surface area contributed by atoms with Crippen molar-refractivity contribution in [1.29, 1.82) is 0 Å². The van der Waals surface area contributed by atoms with Crippen molar-refractivity contribution < 1.29 is 9.53 Å². The highest BCUT2D eigenvalue weighted by Crippen LogP contribution is 2.17. The standard InChI is InChI=1S/C13H18N2O2.C3H8/c1-17-13(16)14-7-9-15-8-6-11-4-2-3-5-12(11)10-15;1-3-2/h2-5H,6-10H2,1H3,(H,14,16);3H2,1-2H3. The average Bonchev–Trinajstić information content (AvgIpc) is 2.47. The summed E-state index contributed by atoms with van der Waals surface area (Å²) in [5, 5.41) is 2.70. The molecule has 1 heterocycles. The molecule has 0 bridgehead atoms. The molecule has 0 radical (unpaired) electrons. The first-order valence-corrected chi connectivity index (χ1v) is 7.32. The van der Waals surface area contributed by atoms with Crippen LogP contribution >= 0.6 is 0 Å². The highest BCUT2D eigenvalue weighted by atomic mass is 16.5. The minimum atomic E-state index is -0.359. The van der Waals surface area contributed by atoms with Crippen LogP contribution in [0, 0.1) is 0 Å². The fourth-order valence-electron chi connectivity index (χ4n) is 2.13. The molecule has 0 saturated carbocycles. The number of rotatable bonds is 3. The van der Waals surface area contributed by atoms with Crippen LogP contribution in [0.5, 0.6) is 0 Å². The maximum atomic E-state index is 10.9. The molecule has 4 nitrogen and oxygen atoms in total. The number of carbonyl (C=O) groups excluding carboxylic acids is 1. The Labute approximate surface area is 122 Å². The van der Waals surface area contributed by atoms with Crippen molar-refractivity contribution in [3.63, 3.8) is 0 Å². The molecule has 0 saturated heterocycles. The molecule has 1 amide bonds. The Balaban J connectivity index is 0.000000612. The van der Waals surface area contributed by atoms with Crippen LogP contribution in [0.15, 0.2) is 24.3 Å². The van der Waals surface area contributed by atoms with E-state index in [4.69, 9.17) is 0 Å². The van der Waals surface area contributed by atoms with E-state index in [0.717, 1.165) is 26.1 Å². The van der Waals surface area contributed by atoms with Gasteiger partial charge in [0, 0.05) is 26.2 Å². The van der Waals surface area contributed by atoms with Crippen LogP contribution in [-0.4, -0.2) is 37.7 Å². The molecule has 0 aliphatic carbocycles. The Hall–Kier alpha value is -1.55. The minimum Gasteiger partial charge on any atom is -0.453 e. The van der Waals surface area contributed by atoms with E-state index >= 15 is 0 Å². The van der Waals surface area contributed by atoms with Crippen molar-refractivity contribution in [2.75, 3.05) is 26.7 Å². The van der Waals surface area contributed by atoms with E-state index in [2.05, 4.69) is 53.1 Å². The summed E-state index contributed by atoms with van der Waals surface area (Å²) in [6, 6.07) is 8.54. The number of hydrogen-bond acceptors (Lipinski definition) is 3. The highest BCUT2D eigenvalue weighted by molar-refractivity contribution is 5.66. The predicted molar refractivity (Wildman–Crippen MR) is 81.8 cm³/mol. The maximum Gasteiger partial charge on any atom is 0.406 e. The van der Waals surface area contributed by atoms with E-state index in [1.54, 1.807) is 0 Å². The van der Waals surface area contributed by atoms with Gasteiger partial charge in [0.25, 0.3) is 0 Å². The van der Waals surface area contributed by atoms with Gasteiger partial charge in [0.1, 0.15) is 0 Å². The van der Waals surface area contributed by atoms with Gasteiger partial charge in [0.15, 0.2) is 0 Å². The molecule has 1 aromatic rings. The van der Waals surface area contributed by atoms with Gasteiger partial charge >= 0.3 is 6.09 Å². The maximum absolute atomic E-state index is 10.9. The second kappa shape index (κ2) is 9.37. The number of hydrogen-bond donors (Lipinski definition) is 1. The minimum absolute atomic E-state index is 0.359. The Morgan fingerprint density at radius 2 is 1.95 bits per heavy atom. The molecule has 1 aromatic carbocycles. The zero-order valence-corrected chi connectivity index (χ0v) is 12.8. The number of fused-ring (bicyclic) bond motifs is 1. The van der Waals surface area contributed by atoms with Crippen LogP contribution in [0.3, 0.4) is 0 Å². The molecular weight excluding hydrogens is 252 g/mol. The number of nitrogens with zero attached hydrogens (tertiary/aromatic N) is 1. The SMILES string of the molecule is CCC.COC(=O)NCCN1CCc2ccccc2C1. The van der Waals surface area contributed by atoms with E-state index in [1.807, 2.05) is 0 Å². The number of carbonyl (C=O) groups is 1. The van der Waals surface area contributed by atoms with Gasteiger partial charge in [-0.2, -0.15) is 0 Å². The van der Waals surface area contributed by atoms with Crippen molar-refractivity contribution in [1.82, 2.24) is 10.2 Å². The Bertz CT molecular complexity index is 407. The third-order valence-electron chi connectivity index (χ3n) is 3.09. The summed E-state index contributed by atoms with van der Waals surface area (Å²) in [6.45, 7) is 7.77. The summed E-state index contributed by atoms with van der Waals surface area (Å²) < 4.78 is 4.53. The first-order valence-electron chi connectivity index (χ1n) is 7.32. The van der Waals surface area contributed by atoms with Crippen molar-refractivity contribution in [3.05, 3.63) is 35.4 Å². The van der Waals surface area contributed by atoms with Gasteiger partial charge < -0.3 is 10.1 Å². The number of nitrogens with one attached hydrogen (secondary N) is 1. The first-order chi connectivity index (χ1) is 9.71. The van der Waals surface area contributed by atoms with Crippen LogP contribution in [0.1, 0.15) is 31.4 Å². The molecule has 0 spiro atoms. The summed E-state index contributed by atoms with van der Waals surface area (Å²) in [5.41, 5.74) is 2.85. The fourth-order valence-corrected chi connectivity index (χ4v) is 2.13. The molecular formula is C16H26N2O2. The van der Waals surface area contributed by atoms with Crippen molar-refractivity contribution in [2.45, 2.75) is 33.2 Å². The number of alkyl carbamates (subject to hydrolysis) is 1. The van der Waals surface area contributed by atoms with Crippen LogP contribution in [0.4, 0.5) is 4.79 Å². The second-order valence-corrected chi connectivity index (χ2v) is 4.92. The number of amides is 1. The molecule has 112 valence electrons. The molecule has 0 aromatic heterocycles. The highest BCUT2D eigenvalue weighted by Gasteiger charge is 2.15. The lowest BCUT2D eigenvalue weighted by molar-refractivity contribution is 0.167. The second-order valence-electron chi connectivity index (χ2n) is 4.92. The van der Waals surface area contributed by atoms with E-state index in [1.165, 1.54) is 24.7 Å². The molecule has 1 aliphatic rings.